The topological polar surface area (TPSA) is 41.4 Å². The molecule has 0 spiro atoms. The maximum atomic E-state index is 12.3. The first-order chi connectivity index (χ1) is 10.2. The van der Waals surface area contributed by atoms with Crippen LogP contribution in [0.4, 0.5) is 5.95 Å². The number of halogens is 1. The lowest BCUT2D eigenvalue weighted by atomic mass is 10.0. The number of imidazole rings is 1. The smallest absolute Gasteiger partial charge is 0.222 e. The largest absolute Gasteiger partial charge is 0.339 e. The van der Waals surface area contributed by atoms with Crippen LogP contribution < -0.4 is 4.90 Å². The van der Waals surface area contributed by atoms with Crippen molar-refractivity contribution in [3.8, 4) is 0 Å². The third-order valence-corrected chi connectivity index (χ3v) is 4.95. The predicted octanol–water partition coefficient (Wildman–Crippen LogP) is 2.46. The summed E-state index contributed by atoms with van der Waals surface area (Å²) in [6.07, 6.45) is 11.0. The fraction of sp³-hybridized carbons (Fsp3) is 0.750. The highest BCUT2D eigenvalue weighted by molar-refractivity contribution is 5.85. The van der Waals surface area contributed by atoms with Gasteiger partial charge in [-0.15, -0.1) is 12.4 Å². The van der Waals surface area contributed by atoms with Crippen molar-refractivity contribution in [3.05, 3.63) is 12.4 Å². The summed E-state index contributed by atoms with van der Waals surface area (Å²) in [5.74, 6) is 2.16. The molecule has 2 aliphatic rings. The summed E-state index contributed by atoms with van der Waals surface area (Å²) >= 11 is 0. The van der Waals surface area contributed by atoms with Gasteiger partial charge >= 0.3 is 0 Å². The van der Waals surface area contributed by atoms with Gasteiger partial charge in [0, 0.05) is 52.0 Å². The minimum absolute atomic E-state index is 0. The molecule has 0 N–H and O–H groups in total. The number of piperazine rings is 1. The molecule has 2 heterocycles. The average molecular weight is 327 g/mol. The van der Waals surface area contributed by atoms with Crippen molar-refractivity contribution in [2.75, 3.05) is 31.1 Å². The highest BCUT2D eigenvalue weighted by atomic mass is 35.5. The molecule has 3 rings (SSSR count). The molecule has 124 valence electrons. The number of anilines is 1. The van der Waals surface area contributed by atoms with Crippen LogP contribution >= 0.6 is 12.4 Å². The van der Waals surface area contributed by atoms with Crippen LogP contribution in [0.25, 0.3) is 0 Å². The summed E-state index contributed by atoms with van der Waals surface area (Å²) in [7, 11) is 2.02. The van der Waals surface area contributed by atoms with E-state index in [4.69, 9.17) is 0 Å². The normalized spacial score (nSPS) is 19.3. The van der Waals surface area contributed by atoms with Crippen LogP contribution in [0.2, 0.25) is 0 Å². The Labute approximate surface area is 139 Å². The molecule has 0 atom stereocenters. The summed E-state index contributed by atoms with van der Waals surface area (Å²) in [6, 6.07) is 0. The summed E-state index contributed by atoms with van der Waals surface area (Å²) in [5.41, 5.74) is 0. The van der Waals surface area contributed by atoms with Gasteiger partial charge in [-0.25, -0.2) is 4.98 Å². The lowest BCUT2D eigenvalue weighted by Crippen LogP contribution is -2.49. The van der Waals surface area contributed by atoms with E-state index in [1.165, 1.54) is 25.7 Å². The zero-order valence-corrected chi connectivity index (χ0v) is 14.2. The summed E-state index contributed by atoms with van der Waals surface area (Å²) < 4.78 is 2.04. The van der Waals surface area contributed by atoms with Gasteiger partial charge in [0.1, 0.15) is 0 Å². The van der Waals surface area contributed by atoms with Gasteiger partial charge in [-0.05, 0) is 12.3 Å². The fourth-order valence-electron chi connectivity index (χ4n) is 3.60. The first-order valence-corrected chi connectivity index (χ1v) is 8.24. The quantitative estimate of drug-likeness (QED) is 0.853. The monoisotopic (exact) mass is 326 g/mol. The van der Waals surface area contributed by atoms with Gasteiger partial charge in [0.2, 0.25) is 11.9 Å². The number of carbonyl (C=O) groups excluding carboxylic acids is 1. The van der Waals surface area contributed by atoms with Crippen LogP contribution in [-0.4, -0.2) is 46.5 Å². The Morgan fingerprint density at radius 3 is 2.50 bits per heavy atom. The number of rotatable bonds is 4. The molecule has 0 radical (unpaired) electrons. The predicted molar refractivity (Wildman–Crippen MR) is 90.4 cm³/mol. The van der Waals surface area contributed by atoms with Gasteiger partial charge in [-0.1, -0.05) is 25.7 Å². The molecule has 1 saturated carbocycles. The molecule has 2 fully saturated rings. The molecule has 1 aliphatic heterocycles. The maximum Gasteiger partial charge on any atom is 0.222 e. The van der Waals surface area contributed by atoms with Crippen molar-refractivity contribution in [1.82, 2.24) is 14.5 Å². The van der Waals surface area contributed by atoms with Crippen LogP contribution in [0.1, 0.15) is 38.5 Å². The van der Waals surface area contributed by atoms with Crippen molar-refractivity contribution in [3.63, 3.8) is 0 Å². The SMILES string of the molecule is Cl.Cn1ccnc1N1CCN(C(=O)CCC2CCCC2)CC1. The summed E-state index contributed by atoms with van der Waals surface area (Å²) in [6.45, 7) is 3.44. The first kappa shape index (κ1) is 17.1. The van der Waals surface area contributed by atoms with Gasteiger partial charge in [-0.3, -0.25) is 4.79 Å². The first-order valence-electron chi connectivity index (χ1n) is 8.24. The Morgan fingerprint density at radius 2 is 1.91 bits per heavy atom. The Balaban J connectivity index is 0.00000176. The van der Waals surface area contributed by atoms with Crippen LogP contribution in [0.5, 0.6) is 0 Å². The Bertz CT molecular complexity index is 476. The van der Waals surface area contributed by atoms with Crippen molar-refractivity contribution in [2.24, 2.45) is 13.0 Å². The Morgan fingerprint density at radius 1 is 1.23 bits per heavy atom. The standard InChI is InChI=1S/C16H26N4O.ClH/c1-18-9-8-17-16(18)20-12-10-19(11-13-20)15(21)7-6-14-4-2-3-5-14;/h8-9,14H,2-7,10-13H2,1H3;1H. The number of nitrogens with zero attached hydrogens (tertiary/aromatic N) is 4. The molecule has 0 bridgehead atoms. The van der Waals surface area contributed by atoms with Gasteiger partial charge in [-0.2, -0.15) is 0 Å². The molecule has 6 heteroatoms. The van der Waals surface area contributed by atoms with Crippen LogP contribution in [0.3, 0.4) is 0 Å². The molecule has 0 unspecified atom stereocenters. The third kappa shape index (κ3) is 3.94. The molecule has 5 nitrogen and oxygen atoms in total. The molecular weight excluding hydrogens is 300 g/mol. The summed E-state index contributed by atoms with van der Waals surface area (Å²) in [5, 5.41) is 0. The van der Waals surface area contributed by atoms with E-state index < -0.39 is 0 Å². The molecule has 1 aliphatic carbocycles. The molecule has 1 aromatic rings. The van der Waals surface area contributed by atoms with Crippen LogP contribution in [-0.2, 0) is 11.8 Å². The molecule has 1 aromatic heterocycles. The van der Waals surface area contributed by atoms with E-state index in [1.54, 1.807) is 0 Å². The van der Waals surface area contributed by atoms with E-state index in [0.29, 0.717) is 5.91 Å². The number of hydrogen-bond acceptors (Lipinski definition) is 3. The second-order valence-corrected chi connectivity index (χ2v) is 6.40. The number of carbonyl (C=O) groups is 1. The minimum atomic E-state index is 0. The lowest BCUT2D eigenvalue weighted by molar-refractivity contribution is -0.131. The van der Waals surface area contributed by atoms with E-state index >= 15 is 0 Å². The number of aromatic nitrogens is 2. The van der Waals surface area contributed by atoms with E-state index in [-0.39, 0.29) is 12.4 Å². The third-order valence-electron chi connectivity index (χ3n) is 4.95. The van der Waals surface area contributed by atoms with Gasteiger partial charge in [0.15, 0.2) is 0 Å². The van der Waals surface area contributed by atoms with Crippen molar-refractivity contribution in [2.45, 2.75) is 38.5 Å². The Kier molecular flexibility index (Phi) is 6.12. The molecule has 22 heavy (non-hydrogen) atoms. The van der Waals surface area contributed by atoms with E-state index in [9.17, 15) is 4.79 Å². The fourth-order valence-corrected chi connectivity index (χ4v) is 3.60. The molecular formula is C16H27ClN4O. The Hall–Kier alpha value is -1.23. The second-order valence-electron chi connectivity index (χ2n) is 6.40. The van der Waals surface area contributed by atoms with Crippen LogP contribution in [0, 0.1) is 5.92 Å². The number of amides is 1. The average Bonchev–Trinajstić information content (AvgIpc) is 3.16. The molecule has 1 saturated heterocycles. The zero-order chi connectivity index (χ0) is 14.7. The van der Waals surface area contributed by atoms with E-state index in [0.717, 1.165) is 50.9 Å². The lowest BCUT2D eigenvalue weighted by Gasteiger charge is -2.35. The number of aryl methyl sites for hydroxylation is 1. The molecule has 0 aromatic carbocycles. The van der Waals surface area contributed by atoms with Crippen molar-refractivity contribution in [1.29, 1.82) is 0 Å². The minimum Gasteiger partial charge on any atom is -0.339 e. The molecule has 1 amide bonds. The van der Waals surface area contributed by atoms with Gasteiger partial charge in [0.05, 0.1) is 0 Å². The van der Waals surface area contributed by atoms with Crippen molar-refractivity contribution >= 4 is 24.3 Å². The van der Waals surface area contributed by atoms with Gasteiger partial charge < -0.3 is 14.4 Å². The van der Waals surface area contributed by atoms with Crippen molar-refractivity contribution < 1.29 is 4.79 Å². The highest BCUT2D eigenvalue weighted by Crippen LogP contribution is 2.28. The number of hydrogen-bond donors (Lipinski definition) is 0. The second kappa shape index (κ2) is 7.86. The van der Waals surface area contributed by atoms with E-state index in [1.807, 2.05) is 28.9 Å². The van der Waals surface area contributed by atoms with Gasteiger partial charge in [0.25, 0.3) is 0 Å². The van der Waals surface area contributed by atoms with Crippen LogP contribution in [0.15, 0.2) is 12.4 Å². The highest BCUT2D eigenvalue weighted by Gasteiger charge is 2.24. The maximum absolute atomic E-state index is 12.3. The van der Waals surface area contributed by atoms with E-state index in [2.05, 4.69) is 9.88 Å². The summed E-state index contributed by atoms with van der Waals surface area (Å²) in [4.78, 5) is 21.0. The zero-order valence-electron chi connectivity index (χ0n) is 13.4.